The molecular formula is C22H21N5O3. The summed E-state index contributed by atoms with van der Waals surface area (Å²) in [7, 11) is 3.02. The van der Waals surface area contributed by atoms with Crippen LogP contribution >= 0.6 is 0 Å². The summed E-state index contributed by atoms with van der Waals surface area (Å²) in [5.74, 6) is 0. The van der Waals surface area contributed by atoms with E-state index in [1.54, 1.807) is 11.6 Å². The van der Waals surface area contributed by atoms with Gasteiger partial charge in [0.25, 0.3) is 5.56 Å². The van der Waals surface area contributed by atoms with Gasteiger partial charge >= 0.3 is 5.69 Å². The van der Waals surface area contributed by atoms with Crippen LogP contribution in [-0.4, -0.2) is 34.5 Å². The molecule has 0 saturated heterocycles. The number of aryl methyl sites for hydroxylation is 1. The van der Waals surface area contributed by atoms with Crippen molar-refractivity contribution in [1.82, 2.24) is 23.3 Å². The molecule has 5 aromatic rings. The standard InChI is InChI=1S/C22H21N5O3/c1-24-20-19(21(29)25(2)22(24)30)26(13-23-20)11-14(28)12-27-17-9-5-3-7-15(17)16-8-4-6-10-18(16)27/h3-10,13-14,28H,11-12H2,1-2H3. The number of aromatic nitrogens is 5. The molecule has 0 aliphatic rings. The topological polar surface area (TPSA) is 87.0 Å². The van der Waals surface area contributed by atoms with Crippen molar-refractivity contribution in [2.24, 2.45) is 14.1 Å². The Hall–Kier alpha value is -3.65. The van der Waals surface area contributed by atoms with Crippen LogP contribution in [0.25, 0.3) is 33.0 Å². The lowest BCUT2D eigenvalue weighted by molar-refractivity contribution is 0.138. The Balaban J connectivity index is 1.56. The fourth-order valence-electron chi connectivity index (χ4n) is 4.23. The highest BCUT2D eigenvalue weighted by Crippen LogP contribution is 2.29. The van der Waals surface area contributed by atoms with Crippen LogP contribution in [0.5, 0.6) is 0 Å². The third-order valence-electron chi connectivity index (χ3n) is 5.70. The molecule has 0 bridgehead atoms. The van der Waals surface area contributed by atoms with Crippen LogP contribution in [0.15, 0.2) is 64.4 Å². The first-order valence-electron chi connectivity index (χ1n) is 9.72. The molecule has 1 atom stereocenters. The van der Waals surface area contributed by atoms with Gasteiger partial charge in [-0.1, -0.05) is 36.4 Å². The fraction of sp³-hybridized carbons (Fsp3) is 0.227. The molecule has 5 rings (SSSR count). The second-order valence-corrected chi connectivity index (χ2v) is 7.57. The molecule has 30 heavy (non-hydrogen) atoms. The molecule has 1 unspecified atom stereocenters. The maximum atomic E-state index is 12.6. The molecule has 8 nitrogen and oxygen atoms in total. The Morgan fingerprint density at radius 2 is 1.50 bits per heavy atom. The highest BCUT2D eigenvalue weighted by molar-refractivity contribution is 6.07. The Kier molecular flexibility index (Phi) is 4.11. The molecule has 0 spiro atoms. The number of hydrogen-bond acceptors (Lipinski definition) is 4. The van der Waals surface area contributed by atoms with Gasteiger partial charge in [-0.05, 0) is 12.1 Å². The minimum atomic E-state index is -0.761. The summed E-state index contributed by atoms with van der Waals surface area (Å²) in [5.41, 5.74) is 1.87. The van der Waals surface area contributed by atoms with Gasteiger partial charge < -0.3 is 14.2 Å². The molecule has 3 aromatic heterocycles. The number of nitrogens with zero attached hydrogens (tertiary/aromatic N) is 5. The smallest absolute Gasteiger partial charge is 0.332 e. The van der Waals surface area contributed by atoms with Gasteiger partial charge in [0, 0.05) is 35.9 Å². The number of rotatable bonds is 4. The predicted octanol–water partition coefficient (Wildman–Crippen LogP) is 1.60. The molecule has 152 valence electrons. The van der Waals surface area contributed by atoms with E-state index in [4.69, 9.17) is 0 Å². The zero-order valence-corrected chi connectivity index (χ0v) is 16.7. The van der Waals surface area contributed by atoms with Gasteiger partial charge in [0.1, 0.15) is 0 Å². The minimum Gasteiger partial charge on any atom is -0.389 e. The molecule has 1 N–H and O–H groups in total. The third-order valence-corrected chi connectivity index (χ3v) is 5.70. The number of hydrogen-bond donors (Lipinski definition) is 1. The van der Waals surface area contributed by atoms with Crippen LogP contribution in [0.4, 0.5) is 0 Å². The third kappa shape index (κ3) is 2.61. The molecular weight excluding hydrogens is 382 g/mol. The van der Waals surface area contributed by atoms with E-state index in [-0.39, 0.29) is 6.54 Å². The van der Waals surface area contributed by atoms with Crippen LogP contribution < -0.4 is 11.2 Å². The summed E-state index contributed by atoms with van der Waals surface area (Å²) in [6, 6.07) is 16.2. The Morgan fingerprint density at radius 3 is 2.13 bits per heavy atom. The fourth-order valence-corrected chi connectivity index (χ4v) is 4.23. The summed E-state index contributed by atoms with van der Waals surface area (Å²) in [6.45, 7) is 0.546. The van der Waals surface area contributed by atoms with E-state index in [0.717, 1.165) is 26.4 Å². The average Bonchev–Trinajstić information content (AvgIpc) is 3.31. The summed E-state index contributed by atoms with van der Waals surface area (Å²) < 4.78 is 6.12. The Morgan fingerprint density at radius 1 is 0.900 bits per heavy atom. The first kappa shape index (κ1) is 18.4. The molecule has 0 fully saturated rings. The number of imidazole rings is 1. The van der Waals surface area contributed by atoms with E-state index in [1.807, 2.05) is 36.4 Å². The van der Waals surface area contributed by atoms with E-state index in [9.17, 15) is 14.7 Å². The second-order valence-electron chi connectivity index (χ2n) is 7.57. The highest BCUT2D eigenvalue weighted by atomic mass is 16.3. The number of benzene rings is 2. The summed E-state index contributed by atoms with van der Waals surface area (Å²) in [6.07, 6.45) is 0.740. The number of para-hydroxylation sites is 2. The number of fused-ring (bicyclic) bond motifs is 4. The van der Waals surface area contributed by atoms with Crippen molar-refractivity contribution in [3.05, 3.63) is 75.7 Å². The van der Waals surface area contributed by atoms with Gasteiger partial charge in [-0.2, -0.15) is 0 Å². The van der Waals surface area contributed by atoms with Crippen LogP contribution in [0, 0.1) is 0 Å². The predicted molar refractivity (Wildman–Crippen MR) is 116 cm³/mol. The maximum absolute atomic E-state index is 12.6. The van der Waals surface area contributed by atoms with Gasteiger partial charge in [-0.15, -0.1) is 0 Å². The SMILES string of the molecule is Cn1c(=O)c2c(ncn2CC(O)Cn2c3ccccc3c3ccccc32)n(C)c1=O. The lowest BCUT2D eigenvalue weighted by atomic mass is 10.2. The molecule has 8 heteroatoms. The zero-order valence-electron chi connectivity index (χ0n) is 16.7. The van der Waals surface area contributed by atoms with Gasteiger partial charge in [-0.25, -0.2) is 9.78 Å². The van der Waals surface area contributed by atoms with Crippen molar-refractivity contribution in [2.75, 3.05) is 0 Å². The van der Waals surface area contributed by atoms with Crippen molar-refractivity contribution in [3.63, 3.8) is 0 Å². The van der Waals surface area contributed by atoms with E-state index in [2.05, 4.69) is 21.7 Å². The molecule has 0 saturated carbocycles. The molecule has 0 amide bonds. The van der Waals surface area contributed by atoms with Crippen molar-refractivity contribution in [3.8, 4) is 0 Å². The van der Waals surface area contributed by atoms with Crippen molar-refractivity contribution in [1.29, 1.82) is 0 Å². The second kappa shape index (κ2) is 6.70. The molecule has 0 aliphatic carbocycles. The maximum Gasteiger partial charge on any atom is 0.332 e. The van der Waals surface area contributed by atoms with E-state index in [0.29, 0.717) is 17.7 Å². The molecule has 0 aliphatic heterocycles. The van der Waals surface area contributed by atoms with Gasteiger partial charge in [0.05, 0.1) is 25.5 Å². The van der Waals surface area contributed by atoms with Crippen molar-refractivity contribution in [2.45, 2.75) is 19.2 Å². The Bertz CT molecular complexity index is 1480. The zero-order chi connectivity index (χ0) is 21.0. The van der Waals surface area contributed by atoms with Crippen LogP contribution in [0.1, 0.15) is 0 Å². The van der Waals surface area contributed by atoms with E-state index >= 15 is 0 Å². The quantitative estimate of drug-likeness (QED) is 0.494. The van der Waals surface area contributed by atoms with Crippen LogP contribution in [-0.2, 0) is 27.2 Å². The summed E-state index contributed by atoms with van der Waals surface area (Å²) >= 11 is 0. The van der Waals surface area contributed by atoms with Crippen LogP contribution in [0.3, 0.4) is 0 Å². The summed E-state index contributed by atoms with van der Waals surface area (Å²) in [5, 5.41) is 13.2. The highest BCUT2D eigenvalue weighted by Gasteiger charge is 2.18. The first-order valence-corrected chi connectivity index (χ1v) is 9.72. The number of aliphatic hydroxyl groups is 1. The average molecular weight is 403 g/mol. The van der Waals surface area contributed by atoms with E-state index < -0.39 is 17.4 Å². The largest absolute Gasteiger partial charge is 0.389 e. The lowest BCUT2D eigenvalue weighted by Gasteiger charge is -2.15. The molecule has 3 heterocycles. The van der Waals surface area contributed by atoms with Gasteiger partial charge in [0.2, 0.25) is 0 Å². The van der Waals surface area contributed by atoms with Crippen molar-refractivity contribution < 1.29 is 5.11 Å². The Labute approximate surface area is 170 Å². The van der Waals surface area contributed by atoms with Crippen molar-refractivity contribution >= 4 is 33.0 Å². The monoisotopic (exact) mass is 403 g/mol. The van der Waals surface area contributed by atoms with E-state index in [1.165, 1.54) is 17.9 Å². The normalized spacial score (nSPS) is 12.9. The molecule has 2 aromatic carbocycles. The minimum absolute atomic E-state index is 0.185. The molecule has 0 radical (unpaired) electrons. The van der Waals surface area contributed by atoms with Gasteiger partial charge in [0.15, 0.2) is 11.2 Å². The lowest BCUT2D eigenvalue weighted by Crippen LogP contribution is -2.38. The summed E-state index contributed by atoms with van der Waals surface area (Å²) in [4.78, 5) is 29.0. The van der Waals surface area contributed by atoms with Gasteiger partial charge in [-0.3, -0.25) is 13.9 Å². The number of aliphatic hydroxyl groups excluding tert-OH is 1. The van der Waals surface area contributed by atoms with Crippen LogP contribution in [0.2, 0.25) is 0 Å². The first-order chi connectivity index (χ1) is 14.5.